The number of benzene rings is 2. The van der Waals surface area contributed by atoms with E-state index in [4.69, 9.17) is 0 Å². The number of likely N-dealkylation sites (tertiary alicyclic amines) is 1. The molecule has 0 spiro atoms. The minimum atomic E-state index is -0.650. The molecule has 3 rings (SSSR count). The van der Waals surface area contributed by atoms with E-state index in [0.717, 1.165) is 30.6 Å². The van der Waals surface area contributed by atoms with Gasteiger partial charge in [0.15, 0.2) is 0 Å². The largest absolute Gasteiger partial charge is 0.348 e. The molecule has 0 saturated carbocycles. The lowest BCUT2D eigenvalue weighted by atomic mass is 9.70. The van der Waals surface area contributed by atoms with Crippen LogP contribution in [-0.2, 0) is 10.2 Å². The lowest BCUT2D eigenvalue weighted by Crippen LogP contribution is -2.48. The molecule has 1 heterocycles. The highest BCUT2D eigenvalue weighted by atomic mass is 16.2. The zero-order chi connectivity index (χ0) is 19.3. The molecule has 1 amide bonds. The van der Waals surface area contributed by atoms with Gasteiger partial charge < -0.3 is 9.80 Å². The van der Waals surface area contributed by atoms with Crippen molar-refractivity contribution in [2.24, 2.45) is 0 Å². The summed E-state index contributed by atoms with van der Waals surface area (Å²) in [4.78, 5) is 17.9. The van der Waals surface area contributed by atoms with Gasteiger partial charge in [0.05, 0.1) is 0 Å². The van der Waals surface area contributed by atoms with Crippen LogP contribution in [0.25, 0.3) is 0 Å². The Morgan fingerprint density at radius 2 is 1.56 bits per heavy atom. The Bertz CT molecular complexity index is 687. The van der Waals surface area contributed by atoms with Gasteiger partial charge >= 0.3 is 0 Å². The van der Waals surface area contributed by atoms with Gasteiger partial charge in [-0.1, -0.05) is 67.1 Å². The van der Waals surface area contributed by atoms with E-state index in [0.29, 0.717) is 6.04 Å². The van der Waals surface area contributed by atoms with Crippen LogP contribution >= 0.6 is 0 Å². The smallest absolute Gasteiger partial charge is 0.237 e. The Morgan fingerprint density at radius 1 is 1.00 bits per heavy atom. The zero-order valence-corrected chi connectivity index (χ0v) is 16.9. The molecule has 144 valence electrons. The number of amides is 1. The van der Waals surface area contributed by atoms with E-state index in [-0.39, 0.29) is 5.91 Å². The summed E-state index contributed by atoms with van der Waals surface area (Å²) in [5.74, 6) is 0.157. The van der Waals surface area contributed by atoms with Crippen molar-refractivity contribution >= 4 is 5.91 Å². The van der Waals surface area contributed by atoms with Crippen molar-refractivity contribution in [3.63, 3.8) is 0 Å². The number of likely N-dealkylation sites (N-methyl/N-ethyl adjacent to an activating group) is 1. The molecule has 1 aliphatic rings. The van der Waals surface area contributed by atoms with Gasteiger partial charge in [-0.2, -0.15) is 0 Å². The molecule has 27 heavy (non-hydrogen) atoms. The highest BCUT2D eigenvalue weighted by Gasteiger charge is 2.43. The van der Waals surface area contributed by atoms with Crippen LogP contribution in [0.4, 0.5) is 0 Å². The van der Waals surface area contributed by atoms with Gasteiger partial charge in [-0.3, -0.25) is 4.79 Å². The molecule has 0 bridgehead atoms. The van der Waals surface area contributed by atoms with Gasteiger partial charge in [0.1, 0.15) is 5.41 Å². The van der Waals surface area contributed by atoms with Crippen LogP contribution in [0, 0.1) is 0 Å². The molecule has 0 aromatic heterocycles. The van der Waals surface area contributed by atoms with E-state index in [1.165, 1.54) is 19.3 Å². The van der Waals surface area contributed by atoms with Gasteiger partial charge in [-0.25, -0.2) is 0 Å². The zero-order valence-electron chi connectivity index (χ0n) is 16.9. The molecule has 2 aromatic rings. The molecule has 2 aromatic carbocycles. The summed E-state index contributed by atoms with van der Waals surface area (Å²) in [7, 11) is 3.74. The Labute approximate surface area is 164 Å². The highest BCUT2D eigenvalue weighted by Crippen LogP contribution is 2.38. The van der Waals surface area contributed by atoms with Crippen molar-refractivity contribution < 1.29 is 4.79 Å². The second-order valence-corrected chi connectivity index (χ2v) is 7.97. The summed E-state index contributed by atoms with van der Waals surface area (Å²) in [5, 5.41) is 0. The fourth-order valence-corrected chi connectivity index (χ4v) is 4.44. The van der Waals surface area contributed by atoms with Crippen LogP contribution < -0.4 is 0 Å². The SMILES string of the molecule is CC1CCCCN1CCC(C(=O)N(C)C)(c1ccccc1)c1ccccc1. The maximum absolute atomic E-state index is 13.6. The lowest BCUT2D eigenvalue weighted by Gasteiger charge is -2.40. The van der Waals surface area contributed by atoms with Crippen LogP contribution in [-0.4, -0.2) is 48.9 Å². The molecule has 0 aliphatic carbocycles. The molecule has 0 N–H and O–H groups in total. The first-order valence-electron chi connectivity index (χ1n) is 10.1. The normalized spacial score (nSPS) is 18.3. The van der Waals surface area contributed by atoms with Gasteiger partial charge in [0.2, 0.25) is 5.91 Å². The number of nitrogens with zero attached hydrogens (tertiary/aromatic N) is 2. The predicted octanol–water partition coefficient (Wildman–Crippen LogP) is 4.33. The van der Waals surface area contributed by atoms with E-state index in [1.54, 1.807) is 4.90 Å². The monoisotopic (exact) mass is 364 g/mol. The molecule has 3 nitrogen and oxygen atoms in total. The fourth-order valence-electron chi connectivity index (χ4n) is 4.44. The first kappa shape index (κ1) is 19.6. The van der Waals surface area contributed by atoms with Crippen LogP contribution in [0.3, 0.4) is 0 Å². The van der Waals surface area contributed by atoms with Crippen molar-refractivity contribution in [2.75, 3.05) is 27.2 Å². The van der Waals surface area contributed by atoms with Gasteiger partial charge in [-0.05, 0) is 43.9 Å². The first-order valence-corrected chi connectivity index (χ1v) is 10.1. The van der Waals surface area contributed by atoms with Crippen LogP contribution in [0.1, 0.15) is 43.7 Å². The summed E-state index contributed by atoms with van der Waals surface area (Å²) < 4.78 is 0. The number of hydrogen-bond acceptors (Lipinski definition) is 2. The third-order valence-electron chi connectivity index (χ3n) is 6.02. The second-order valence-electron chi connectivity index (χ2n) is 7.97. The minimum Gasteiger partial charge on any atom is -0.348 e. The fraction of sp³-hybridized carbons (Fsp3) is 0.458. The van der Waals surface area contributed by atoms with E-state index in [2.05, 4.69) is 36.1 Å². The van der Waals surface area contributed by atoms with E-state index in [1.807, 2.05) is 50.5 Å². The maximum atomic E-state index is 13.6. The summed E-state index contributed by atoms with van der Waals surface area (Å²) in [5.41, 5.74) is 1.52. The Kier molecular flexibility index (Phi) is 6.33. The Balaban J connectivity index is 2.04. The number of hydrogen-bond donors (Lipinski definition) is 0. The highest BCUT2D eigenvalue weighted by molar-refractivity contribution is 5.91. The van der Waals surface area contributed by atoms with Crippen molar-refractivity contribution in [3.8, 4) is 0 Å². The number of carbonyl (C=O) groups excluding carboxylic acids is 1. The quantitative estimate of drug-likeness (QED) is 0.762. The molecule has 0 radical (unpaired) electrons. The molecule has 1 atom stereocenters. The van der Waals surface area contributed by atoms with Gasteiger partial charge in [0.25, 0.3) is 0 Å². The molecule has 3 heteroatoms. The summed E-state index contributed by atoms with van der Waals surface area (Å²) in [6, 6.07) is 21.2. The third kappa shape index (κ3) is 4.08. The lowest BCUT2D eigenvalue weighted by molar-refractivity contribution is -0.133. The standard InChI is InChI=1S/C24H32N2O/c1-20-12-10-11-18-26(20)19-17-24(23(27)25(2)3,21-13-6-4-7-14-21)22-15-8-5-9-16-22/h4-9,13-16,20H,10-12,17-19H2,1-3H3. The molecule has 1 unspecified atom stereocenters. The first-order chi connectivity index (χ1) is 13.1. The third-order valence-corrected chi connectivity index (χ3v) is 6.02. The van der Waals surface area contributed by atoms with E-state index in [9.17, 15) is 4.79 Å². The van der Waals surface area contributed by atoms with Gasteiger partial charge in [0, 0.05) is 26.7 Å². The molecular weight excluding hydrogens is 332 g/mol. The average molecular weight is 365 g/mol. The number of piperidine rings is 1. The maximum Gasteiger partial charge on any atom is 0.237 e. The van der Waals surface area contributed by atoms with Crippen molar-refractivity contribution in [2.45, 2.75) is 44.1 Å². The molecule has 1 fully saturated rings. The molecule has 1 aliphatic heterocycles. The molecular formula is C24H32N2O. The van der Waals surface area contributed by atoms with Gasteiger partial charge in [-0.15, -0.1) is 0 Å². The number of carbonyl (C=O) groups is 1. The average Bonchev–Trinajstić information content (AvgIpc) is 2.71. The predicted molar refractivity (Wildman–Crippen MR) is 112 cm³/mol. The summed E-state index contributed by atoms with van der Waals surface area (Å²) in [6.07, 6.45) is 4.63. The minimum absolute atomic E-state index is 0.157. The van der Waals surface area contributed by atoms with Crippen LogP contribution in [0.5, 0.6) is 0 Å². The van der Waals surface area contributed by atoms with Crippen LogP contribution in [0.15, 0.2) is 60.7 Å². The Morgan fingerprint density at radius 3 is 2.04 bits per heavy atom. The Hall–Kier alpha value is -2.13. The van der Waals surface area contributed by atoms with E-state index < -0.39 is 5.41 Å². The second kappa shape index (κ2) is 8.71. The van der Waals surface area contributed by atoms with Crippen molar-refractivity contribution in [1.82, 2.24) is 9.80 Å². The summed E-state index contributed by atoms with van der Waals surface area (Å²) in [6.45, 7) is 4.39. The van der Waals surface area contributed by atoms with Crippen molar-refractivity contribution in [1.29, 1.82) is 0 Å². The summed E-state index contributed by atoms with van der Waals surface area (Å²) >= 11 is 0. The van der Waals surface area contributed by atoms with Crippen LogP contribution in [0.2, 0.25) is 0 Å². The van der Waals surface area contributed by atoms with Crippen molar-refractivity contribution in [3.05, 3.63) is 71.8 Å². The van der Waals surface area contributed by atoms with E-state index >= 15 is 0 Å². The number of rotatable bonds is 6. The topological polar surface area (TPSA) is 23.6 Å². The molecule has 1 saturated heterocycles.